The van der Waals surface area contributed by atoms with E-state index in [-0.39, 0.29) is 47.3 Å². The summed E-state index contributed by atoms with van der Waals surface area (Å²) in [5.74, 6) is -0.283. The number of hydrogen-bond acceptors (Lipinski definition) is 17. The van der Waals surface area contributed by atoms with Gasteiger partial charge in [0, 0.05) is 0 Å². The Bertz CT molecular complexity index is 1850. The minimum absolute atomic E-state index is 0.0479. The Labute approximate surface area is 244 Å². The Hall–Kier alpha value is -3.40. The van der Waals surface area contributed by atoms with Crippen LogP contribution in [0.5, 0.6) is 0 Å². The van der Waals surface area contributed by atoms with Crippen LogP contribution >= 0.6 is 16.0 Å². The number of H-pyrrole nitrogens is 2. The molecule has 2 aliphatic heterocycles. The normalized spacial score (nSPS) is 26.0. The van der Waals surface area contributed by atoms with E-state index in [0.717, 1.165) is 0 Å². The van der Waals surface area contributed by atoms with Crippen molar-refractivity contribution in [2.75, 3.05) is 24.7 Å². The Morgan fingerprint density at radius 1 is 0.955 bits per heavy atom. The second-order valence-electron chi connectivity index (χ2n) is 10.00. The number of nitrogen functional groups attached to an aromatic ring is 2. The van der Waals surface area contributed by atoms with E-state index >= 15 is 0 Å². The van der Waals surface area contributed by atoms with Gasteiger partial charge in [-0.15, -0.1) is 0 Å². The smallest absolute Gasteiger partial charge is 0.280 e. The van der Waals surface area contributed by atoms with Crippen molar-refractivity contribution in [3.63, 3.8) is 0 Å². The first-order valence-corrected chi connectivity index (χ1v) is 16.2. The number of imidazole rings is 2. The van der Waals surface area contributed by atoms with E-state index in [0.29, 0.717) is 12.8 Å². The number of nitrogens with one attached hydrogen (secondary N) is 2. The standard InChI is InChI=1S/C20H28N10O12P2/c21-19-25-15-13(17(31)27-19)23-6-29(15)11-2-1-8(40-11)4-39-44(36,37)42-9-3-12(41-10(9)5-38-43(33,34)35)30-7-24-14-16(30)26-20(22)28-18(14)32/h6-12,33-35,43H,1-5H2,(H,36,37)(H3,21,25,27,31)(H3,22,26,28,32)/t8?,9-,10?,11?,12?/m0/s1. The maximum Gasteiger partial charge on any atom is 0.280 e. The van der Waals surface area contributed by atoms with Crippen molar-refractivity contribution in [3.8, 4) is 0 Å². The van der Waals surface area contributed by atoms with Crippen molar-refractivity contribution < 1.29 is 47.2 Å². The molecule has 6 rings (SSSR count). The van der Waals surface area contributed by atoms with Gasteiger partial charge in [0.25, 0.3) is 5.56 Å². The average molecular weight is 662 g/mol. The monoisotopic (exact) mass is 662 g/mol. The molecule has 4 aromatic rings. The van der Waals surface area contributed by atoms with Gasteiger partial charge in [-0.25, -0.2) is 4.98 Å². The van der Waals surface area contributed by atoms with Crippen LogP contribution in [0.2, 0.25) is 0 Å². The Morgan fingerprint density at radius 3 is 2.14 bits per heavy atom. The summed E-state index contributed by atoms with van der Waals surface area (Å²) in [7, 11) is -9.79. The van der Waals surface area contributed by atoms with Gasteiger partial charge in [0.15, 0.2) is 11.2 Å². The maximum atomic E-state index is 13.0. The van der Waals surface area contributed by atoms with E-state index in [4.69, 9.17) is 34.5 Å². The van der Waals surface area contributed by atoms with E-state index in [1.807, 2.05) is 0 Å². The Kier molecular flexibility index (Phi) is 8.01. The molecule has 0 spiro atoms. The van der Waals surface area contributed by atoms with Crippen molar-refractivity contribution in [1.82, 2.24) is 39.0 Å². The molecule has 6 heterocycles. The van der Waals surface area contributed by atoms with Gasteiger partial charge in [-0.3, -0.25) is 9.78 Å². The molecule has 0 bridgehead atoms. The molecule has 44 heavy (non-hydrogen) atoms. The van der Waals surface area contributed by atoms with E-state index < -0.39 is 64.5 Å². The minimum Gasteiger partial charge on any atom is -0.291 e. The predicted molar refractivity (Wildman–Crippen MR) is 148 cm³/mol. The molecular weight excluding hydrogens is 634 g/mol. The number of aromatic nitrogens is 8. The van der Waals surface area contributed by atoms with Crippen molar-refractivity contribution in [2.24, 2.45) is 0 Å². The number of nitrogens with zero attached hydrogens (tertiary/aromatic N) is 6. The van der Waals surface area contributed by atoms with Gasteiger partial charge in [-0.05, 0) is 0 Å². The molecule has 0 amide bonds. The van der Waals surface area contributed by atoms with Crippen LogP contribution in [0.15, 0.2) is 22.2 Å². The summed E-state index contributed by atoms with van der Waals surface area (Å²) in [6.45, 7) is -1.00. The van der Waals surface area contributed by atoms with Crippen molar-refractivity contribution in [3.05, 3.63) is 33.4 Å². The summed E-state index contributed by atoms with van der Waals surface area (Å²) in [6.07, 6.45) is -1.36. The van der Waals surface area contributed by atoms with Gasteiger partial charge < -0.3 is 5.73 Å². The van der Waals surface area contributed by atoms with Gasteiger partial charge in [0.05, 0.1) is 6.33 Å². The van der Waals surface area contributed by atoms with Crippen LogP contribution in [0.1, 0.15) is 31.7 Å². The average Bonchev–Trinajstić information content (AvgIpc) is 3.71. The van der Waals surface area contributed by atoms with E-state index in [2.05, 4.69) is 29.9 Å². The third-order valence-corrected chi connectivity index (χ3v) is 8.49. The Morgan fingerprint density at radius 2 is 1.55 bits per heavy atom. The number of rotatable bonds is 10. The van der Waals surface area contributed by atoms with Gasteiger partial charge in [-0.2, -0.15) is 4.98 Å². The molecule has 0 aliphatic carbocycles. The largest absolute Gasteiger partial charge is 0.291 e. The fourth-order valence-corrected chi connectivity index (χ4v) is 6.39. The number of phosphoric acid groups is 1. The zero-order chi connectivity index (χ0) is 31.4. The topological polar surface area (TPSA) is 323 Å². The van der Waals surface area contributed by atoms with Crippen molar-refractivity contribution >= 4 is 50.2 Å². The molecule has 5 unspecified atom stereocenters. The van der Waals surface area contributed by atoms with Gasteiger partial charge in [0.2, 0.25) is 5.95 Å². The predicted octanol–water partition coefficient (Wildman–Crippen LogP) is -1.71. The number of phosphoric ester groups is 1. The zero-order valence-electron chi connectivity index (χ0n) is 22.4. The first-order chi connectivity index (χ1) is 20.8. The van der Waals surface area contributed by atoms with E-state index in [9.17, 15) is 33.7 Å². The summed E-state index contributed by atoms with van der Waals surface area (Å²) >= 11 is 0. The Balaban J connectivity index is 1.12. The maximum absolute atomic E-state index is 13.0. The van der Waals surface area contributed by atoms with Crippen LogP contribution in [-0.4, -0.2) is 90.1 Å². The molecule has 0 radical (unpaired) electrons. The molecule has 22 nitrogen and oxygen atoms in total. The first-order valence-electron chi connectivity index (χ1n) is 13.0. The summed E-state index contributed by atoms with van der Waals surface area (Å²) in [5.41, 5.74) is 10.5. The molecule has 10 N–H and O–H groups in total. The summed E-state index contributed by atoms with van der Waals surface area (Å²) in [5, 5.41) is 0. The number of anilines is 2. The van der Waals surface area contributed by atoms with Crippen LogP contribution in [0.3, 0.4) is 0 Å². The second-order valence-corrected chi connectivity index (χ2v) is 12.8. The fraction of sp³-hybridized carbons (Fsp3) is 0.500. The van der Waals surface area contributed by atoms with Gasteiger partial charge >= 0.3 is 190 Å². The molecule has 2 fully saturated rings. The molecule has 240 valence electrons. The minimum atomic E-state index is -4.99. The second kappa shape index (κ2) is 11.5. The molecule has 24 heteroatoms. The van der Waals surface area contributed by atoms with Crippen LogP contribution in [0.4, 0.5) is 11.9 Å². The van der Waals surface area contributed by atoms with Crippen molar-refractivity contribution in [1.29, 1.82) is 0 Å². The number of ether oxygens (including phenoxy) is 2. The molecule has 4 aromatic heterocycles. The van der Waals surface area contributed by atoms with Crippen LogP contribution in [0.25, 0.3) is 22.3 Å². The molecule has 0 saturated carbocycles. The van der Waals surface area contributed by atoms with Crippen LogP contribution < -0.4 is 22.6 Å². The fourth-order valence-electron chi connectivity index (χ4n) is 5.03. The SMILES string of the molecule is Nc1nc2c(ncn2C2CCC(COP(=O)(O)O[C@H]3CC(n4cnc5c(=O)[nH]c(N)nc54)OC3CO[PH](O)(O)O)O2)c(=O)[nH]1. The number of hydrogen-bond donors (Lipinski definition) is 8. The molecule has 2 saturated heterocycles. The number of fused-ring (bicyclic) bond motifs is 2. The van der Waals surface area contributed by atoms with Gasteiger partial charge in [-0.1, -0.05) is 0 Å². The zero-order valence-corrected chi connectivity index (χ0v) is 24.3. The quantitative estimate of drug-likeness (QED) is 0.0876. The molecule has 0 aromatic carbocycles. The third kappa shape index (κ3) is 6.36. The molecule has 6 atom stereocenters. The summed E-state index contributed by atoms with van der Waals surface area (Å²) < 4.78 is 42.9. The van der Waals surface area contributed by atoms with Crippen LogP contribution in [0, 0.1) is 0 Å². The van der Waals surface area contributed by atoms with Gasteiger partial charge in [0.1, 0.15) is 0 Å². The first kappa shape index (κ1) is 30.6. The number of aromatic amines is 2. The van der Waals surface area contributed by atoms with E-state index in [1.165, 1.54) is 21.8 Å². The summed E-state index contributed by atoms with van der Waals surface area (Å²) in [4.78, 5) is 83.6. The summed E-state index contributed by atoms with van der Waals surface area (Å²) in [6, 6.07) is 0. The van der Waals surface area contributed by atoms with Crippen molar-refractivity contribution in [2.45, 2.75) is 50.0 Å². The third-order valence-electron chi connectivity index (χ3n) is 6.92. The molecular formula is C20H28N10O12P2. The van der Waals surface area contributed by atoms with E-state index in [1.54, 1.807) is 0 Å². The van der Waals surface area contributed by atoms with Crippen LogP contribution in [-0.2, 0) is 27.6 Å². The number of nitrogens with two attached hydrogens (primary N) is 2. The molecule has 2 aliphatic rings.